The summed E-state index contributed by atoms with van der Waals surface area (Å²) < 4.78 is 3.82. The van der Waals surface area contributed by atoms with Crippen molar-refractivity contribution >= 4 is 28.1 Å². The van der Waals surface area contributed by atoms with E-state index in [9.17, 15) is 4.79 Å². The summed E-state index contributed by atoms with van der Waals surface area (Å²) in [7, 11) is 0. The number of nitrogens with two attached hydrogens (primary N) is 1. The number of hydrogen-bond donors (Lipinski definition) is 2. The van der Waals surface area contributed by atoms with Crippen molar-refractivity contribution in [1.29, 1.82) is 0 Å². The molecular formula is C31H29N7O. The highest BCUT2D eigenvalue weighted by molar-refractivity contribution is 5.95. The first-order valence-corrected chi connectivity index (χ1v) is 12.9. The normalized spacial score (nSPS) is 11.3. The summed E-state index contributed by atoms with van der Waals surface area (Å²) in [4.78, 5) is 21.6. The first-order valence-electron chi connectivity index (χ1n) is 12.9. The molecule has 2 aromatic carbocycles. The van der Waals surface area contributed by atoms with Crippen LogP contribution >= 0.6 is 0 Å². The molecular weight excluding hydrogens is 486 g/mol. The van der Waals surface area contributed by atoms with Crippen LogP contribution < -0.4 is 11.1 Å². The summed E-state index contributed by atoms with van der Waals surface area (Å²) in [6, 6.07) is 16.6. The number of pyridine rings is 2. The highest BCUT2D eigenvalue weighted by Crippen LogP contribution is 2.28. The molecule has 0 bridgehead atoms. The number of nitrogens with zero attached hydrogens (tertiary/aromatic N) is 5. The number of carbonyl (C=O) groups is 1. The van der Waals surface area contributed by atoms with Crippen molar-refractivity contribution in [2.24, 2.45) is 0 Å². The third-order valence-electron chi connectivity index (χ3n) is 7.30. The Morgan fingerprint density at radius 3 is 2.64 bits per heavy atom. The predicted octanol–water partition coefficient (Wildman–Crippen LogP) is 4.85. The molecule has 0 atom stereocenters. The minimum absolute atomic E-state index is 0.155. The van der Waals surface area contributed by atoms with Crippen molar-refractivity contribution in [2.75, 3.05) is 5.73 Å². The summed E-state index contributed by atoms with van der Waals surface area (Å²) in [6.45, 7) is 5.09. The Bertz CT molecular complexity index is 1820. The number of aromatic nitrogens is 5. The van der Waals surface area contributed by atoms with E-state index >= 15 is 0 Å². The first kappa shape index (κ1) is 24.4. The average Bonchev–Trinajstić information content (AvgIpc) is 3.61. The van der Waals surface area contributed by atoms with Gasteiger partial charge in [0.15, 0.2) is 0 Å². The highest BCUT2D eigenvalue weighted by atomic mass is 16.1. The van der Waals surface area contributed by atoms with Crippen LogP contribution in [-0.4, -0.2) is 30.1 Å². The van der Waals surface area contributed by atoms with Crippen LogP contribution in [0.3, 0.4) is 0 Å². The van der Waals surface area contributed by atoms with Crippen molar-refractivity contribution in [3.63, 3.8) is 0 Å². The molecule has 0 fully saturated rings. The van der Waals surface area contributed by atoms with Gasteiger partial charge in [-0.2, -0.15) is 5.10 Å². The van der Waals surface area contributed by atoms with Gasteiger partial charge in [-0.25, -0.2) is 9.97 Å². The van der Waals surface area contributed by atoms with E-state index in [2.05, 4.69) is 57.6 Å². The first-order chi connectivity index (χ1) is 19.0. The van der Waals surface area contributed by atoms with Gasteiger partial charge in [-0.15, -0.1) is 0 Å². The number of rotatable bonds is 7. The van der Waals surface area contributed by atoms with Gasteiger partial charge in [0.1, 0.15) is 11.5 Å². The number of aryl methyl sites for hydroxylation is 2. The SMILES string of the molecule is Cc1cc2c(N)nccc2c(C)c1CNC(=O)c1cnn(Cc2ccc(Cc3cccn4ccnc34)cc2)c1. The summed E-state index contributed by atoms with van der Waals surface area (Å²) in [5.74, 6) is 0.362. The van der Waals surface area contributed by atoms with Crippen molar-refractivity contribution in [3.8, 4) is 0 Å². The zero-order chi connectivity index (χ0) is 26.9. The molecule has 0 aliphatic rings. The number of imidazole rings is 1. The number of hydrogen-bond acceptors (Lipinski definition) is 5. The van der Waals surface area contributed by atoms with Gasteiger partial charge in [0.2, 0.25) is 0 Å². The van der Waals surface area contributed by atoms with Gasteiger partial charge in [0.25, 0.3) is 5.91 Å². The van der Waals surface area contributed by atoms with Crippen LogP contribution in [0.4, 0.5) is 5.82 Å². The van der Waals surface area contributed by atoms with E-state index in [1.165, 1.54) is 11.1 Å². The maximum Gasteiger partial charge on any atom is 0.254 e. The van der Waals surface area contributed by atoms with Crippen molar-refractivity contribution in [1.82, 2.24) is 29.5 Å². The summed E-state index contributed by atoms with van der Waals surface area (Å²) >= 11 is 0. The molecule has 194 valence electrons. The van der Waals surface area contributed by atoms with Crippen molar-refractivity contribution < 1.29 is 4.79 Å². The Kier molecular flexibility index (Phi) is 6.28. The van der Waals surface area contributed by atoms with E-state index < -0.39 is 0 Å². The molecule has 0 aliphatic heterocycles. The number of anilines is 1. The molecule has 39 heavy (non-hydrogen) atoms. The average molecular weight is 516 g/mol. The van der Waals surface area contributed by atoms with Gasteiger partial charge in [-0.1, -0.05) is 30.3 Å². The molecule has 4 aromatic heterocycles. The Balaban J connectivity index is 1.10. The third-order valence-corrected chi connectivity index (χ3v) is 7.30. The molecule has 6 aromatic rings. The van der Waals surface area contributed by atoms with E-state index in [0.29, 0.717) is 24.5 Å². The van der Waals surface area contributed by atoms with Crippen LogP contribution in [0.1, 0.15) is 43.7 Å². The number of carbonyl (C=O) groups excluding carboxylic acids is 1. The largest absolute Gasteiger partial charge is 0.383 e. The lowest BCUT2D eigenvalue weighted by Gasteiger charge is -2.14. The van der Waals surface area contributed by atoms with E-state index in [1.54, 1.807) is 23.3 Å². The molecule has 0 saturated carbocycles. The van der Waals surface area contributed by atoms with Gasteiger partial charge in [-0.05, 0) is 70.8 Å². The Hall–Kier alpha value is -4.98. The third kappa shape index (κ3) is 4.84. The number of amides is 1. The fraction of sp³-hybridized carbons (Fsp3) is 0.161. The van der Waals surface area contributed by atoms with Crippen molar-refractivity contribution in [3.05, 3.63) is 125 Å². The number of fused-ring (bicyclic) bond motifs is 2. The lowest BCUT2D eigenvalue weighted by atomic mass is 9.96. The molecule has 1 amide bonds. The number of nitrogen functional groups attached to an aromatic ring is 1. The van der Waals surface area contributed by atoms with Gasteiger partial charge >= 0.3 is 0 Å². The summed E-state index contributed by atoms with van der Waals surface area (Å²) in [5.41, 5.74) is 14.3. The Morgan fingerprint density at radius 1 is 0.974 bits per heavy atom. The second-order valence-corrected chi connectivity index (χ2v) is 9.88. The standard InChI is InChI=1S/C31H29N7O/c1-20-14-27-26(9-10-33-29(27)32)21(2)28(20)17-35-31(39)25-16-36-38(19-25)18-23-7-5-22(6-8-23)15-24-4-3-12-37-13-11-34-30(24)37/h3-14,16,19H,15,17-18H2,1-2H3,(H2,32,33)(H,35,39). The maximum absolute atomic E-state index is 12.9. The minimum atomic E-state index is -0.155. The van der Waals surface area contributed by atoms with Crippen LogP contribution in [0.25, 0.3) is 16.4 Å². The Morgan fingerprint density at radius 2 is 1.79 bits per heavy atom. The van der Waals surface area contributed by atoms with Crippen LogP contribution in [0.15, 0.2) is 85.7 Å². The van der Waals surface area contributed by atoms with Gasteiger partial charge in [0.05, 0.1) is 18.3 Å². The Labute approximate surface area is 226 Å². The highest BCUT2D eigenvalue weighted by Gasteiger charge is 2.13. The van der Waals surface area contributed by atoms with Gasteiger partial charge in [0, 0.05) is 49.3 Å². The zero-order valence-electron chi connectivity index (χ0n) is 21.9. The van der Waals surface area contributed by atoms with Crippen LogP contribution in [-0.2, 0) is 19.5 Å². The van der Waals surface area contributed by atoms with E-state index in [4.69, 9.17) is 5.73 Å². The molecule has 0 spiro atoms. The zero-order valence-corrected chi connectivity index (χ0v) is 21.9. The van der Waals surface area contributed by atoms with E-state index in [1.807, 2.05) is 48.1 Å². The molecule has 8 nitrogen and oxygen atoms in total. The monoisotopic (exact) mass is 515 g/mol. The molecule has 4 heterocycles. The second-order valence-electron chi connectivity index (χ2n) is 9.88. The fourth-order valence-corrected chi connectivity index (χ4v) is 5.16. The molecule has 0 aliphatic carbocycles. The lowest BCUT2D eigenvalue weighted by molar-refractivity contribution is 0.0950. The lowest BCUT2D eigenvalue weighted by Crippen LogP contribution is -2.23. The van der Waals surface area contributed by atoms with Crippen LogP contribution in [0.5, 0.6) is 0 Å². The number of nitrogens with one attached hydrogen (secondary N) is 1. The quantitative estimate of drug-likeness (QED) is 0.316. The second kappa shape index (κ2) is 10.1. The molecule has 0 unspecified atom stereocenters. The molecule has 6 rings (SSSR count). The van der Waals surface area contributed by atoms with E-state index in [-0.39, 0.29) is 5.91 Å². The molecule has 0 radical (unpaired) electrons. The molecule has 8 heteroatoms. The van der Waals surface area contributed by atoms with Gasteiger partial charge in [-0.3, -0.25) is 9.48 Å². The maximum atomic E-state index is 12.9. The minimum Gasteiger partial charge on any atom is -0.383 e. The van der Waals surface area contributed by atoms with Crippen molar-refractivity contribution in [2.45, 2.75) is 33.4 Å². The van der Waals surface area contributed by atoms with Gasteiger partial charge < -0.3 is 15.5 Å². The number of benzene rings is 2. The molecule has 0 saturated heterocycles. The smallest absolute Gasteiger partial charge is 0.254 e. The predicted molar refractivity (Wildman–Crippen MR) is 153 cm³/mol. The topological polar surface area (TPSA) is 103 Å². The van der Waals surface area contributed by atoms with Crippen LogP contribution in [0.2, 0.25) is 0 Å². The summed E-state index contributed by atoms with van der Waals surface area (Å²) in [5, 5.41) is 9.45. The molecule has 3 N–H and O–H groups in total. The summed E-state index contributed by atoms with van der Waals surface area (Å²) in [6.07, 6.45) is 11.7. The van der Waals surface area contributed by atoms with E-state index in [0.717, 1.165) is 45.1 Å². The van der Waals surface area contributed by atoms with Crippen LogP contribution in [0, 0.1) is 13.8 Å². The fourth-order valence-electron chi connectivity index (χ4n) is 5.16.